The molecule has 1 nitrogen and oxygen atoms in total. The molecule has 1 unspecified atom stereocenters. The second-order valence-corrected chi connectivity index (χ2v) is 4.66. The van der Waals surface area contributed by atoms with Gasteiger partial charge in [-0.2, -0.15) is 17.6 Å². The van der Waals surface area contributed by atoms with E-state index in [1.54, 1.807) is 0 Å². The number of carbonyl (C=O) groups is 1. The highest BCUT2D eigenvalue weighted by Crippen LogP contribution is 2.41. The molecule has 16 heavy (non-hydrogen) atoms. The SMILES string of the molecule is CC(=O)SCCCC(F)(F)C(F)(F)C(C)F. The molecule has 1 atom stereocenters. The highest BCUT2D eigenvalue weighted by molar-refractivity contribution is 8.13. The molecule has 0 fully saturated rings. The molecular formula is C9H13F5OS. The Balaban J connectivity index is 4.19. The zero-order chi connectivity index (χ0) is 13.0. The van der Waals surface area contributed by atoms with Crippen molar-refractivity contribution in [3.8, 4) is 0 Å². The van der Waals surface area contributed by atoms with Crippen molar-refractivity contribution in [3.63, 3.8) is 0 Å². The van der Waals surface area contributed by atoms with Crippen LogP contribution in [0.25, 0.3) is 0 Å². The summed E-state index contributed by atoms with van der Waals surface area (Å²) in [7, 11) is 0. The minimum atomic E-state index is -4.66. The number of carbonyl (C=O) groups excluding carboxylic acids is 1. The molecule has 0 aliphatic heterocycles. The van der Waals surface area contributed by atoms with Gasteiger partial charge < -0.3 is 0 Å². The lowest BCUT2D eigenvalue weighted by Gasteiger charge is -2.27. The zero-order valence-electron chi connectivity index (χ0n) is 8.90. The summed E-state index contributed by atoms with van der Waals surface area (Å²) in [6.07, 6.45) is -4.29. The van der Waals surface area contributed by atoms with Crippen LogP contribution < -0.4 is 0 Å². The first-order valence-electron chi connectivity index (χ1n) is 4.64. The van der Waals surface area contributed by atoms with Crippen LogP contribution in [0.4, 0.5) is 22.0 Å². The van der Waals surface area contributed by atoms with Crippen molar-refractivity contribution in [2.75, 3.05) is 5.75 Å². The van der Waals surface area contributed by atoms with E-state index in [1.165, 1.54) is 6.92 Å². The van der Waals surface area contributed by atoms with Crippen molar-refractivity contribution >= 4 is 16.9 Å². The number of hydrogen-bond acceptors (Lipinski definition) is 2. The quantitative estimate of drug-likeness (QED) is 0.538. The second-order valence-electron chi connectivity index (χ2n) is 3.39. The molecule has 0 saturated heterocycles. The summed E-state index contributed by atoms with van der Waals surface area (Å²) in [5.41, 5.74) is 0. The van der Waals surface area contributed by atoms with Crippen LogP contribution in [0, 0.1) is 0 Å². The van der Waals surface area contributed by atoms with Gasteiger partial charge in [0.25, 0.3) is 0 Å². The molecular weight excluding hydrogens is 251 g/mol. The largest absolute Gasteiger partial charge is 0.340 e. The Kier molecular flexibility index (Phi) is 5.72. The molecule has 96 valence electrons. The van der Waals surface area contributed by atoms with Crippen LogP contribution in [-0.2, 0) is 4.79 Å². The standard InChI is InChI=1S/C9H13F5OS/c1-6(10)9(13,14)8(11,12)4-3-5-16-7(2)15/h6H,3-5H2,1-2H3. The summed E-state index contributed by atoms with van der Waals surface area (Å²) in [5, 5.41) is -0.270. The minimum absolute atomic E-state index is 0.0294. The fourth-order valence-electron chi connectivity index (χ4n) is 0.968. The fraction of sp³-hybridized carbons (Fsp3) is 0.889. The molecule has 0 saturated carbocycles. The molecule has 0 rings (SSSR count). The molecule has 0 radical (unpaired) electrons. The molecule has 0 spiro atoms. The van der Waals surface area contributed by atoms with Crippen LogP contribution in [0.5, 0.6) is 0 Å². The van der Waals surface area contributed by atoms with Crippen LogP contribution in [0.2, 0.25) is 0 Å². The van der Waals surface area contributed by atoms with Gasteiger partial charge in [0.1, 0.15) is 0 Å². The molecule has 0 heterocycles. The van der Waals surface area contributed by atoms with Gasteiger partial charge in [0.2, 0.25) is 0 Å². The number of thioether (sulfide) groups is 1. The zero-order valence-corrected chi connectivity index (χ0v) is 9.72. The number of rotatable bonds is 6. The van der Waals surface area contributed by atoms with Crippen LogP contribution in [0.1, 0.15) is 26.7 Å². The number of hydrogen-bond donors (Lipinski definition) is 0. The van der Waals surface area contributed by atoms with Gasteiger partial charge in [0, 0.05) is 19.1 Å². The third-order valence-electron chi connectivity index (χ3n) is 1.93. The lowest BCUT2D eigenvalue weighted by Crippen LogP contribution is -2.46. The maximum Gasteiger partial charge on any atom is 0.340 e. The van der Waals surface area contributed by atoms with Gasteiger partial charge >= 0.3 is 11.8 Å². The Labute approximate surface area is 94.8 Å². The summed E-state index contributed by atoms with van der Waals surface area (Å²) >= 11 is 0.780. The van der Waals surface area contributed by atoms with E-state index in [9.17, 15) is 26.7 Å². The monoisotopic (exact) mass is 264 g/mol. The predicted octanol–water partition coefficient (Wildman–Crippen LogP) is 3.67. The maximum absolute atomic E-state index is 12.9. The van der Waals surface area contributed by atoms with Gasteiger partial charge in [-0.1, -0.05) is 11.8 Å². The molecule has 0 aliphatic rings. The Hall–Kier alpha value is -0.330. The first kappa shape index (κ1) is 15.7. The Morgan fingerprint density at radius 2 is 1.81 bits per heavy atom. The van der Waals surface area contributed by atoms with E-state index >= 15 is 0 Å². The van der Waals surface area contributed by atoms with Crippen molar-refractivity contribution in [1.82, 2.24) is 0 Å². The lowest BCUT2D eigenvalue weighted by molar-refractivity contribution is -0.238. The summed E-state index contributed by atoms with van der Waals surface area (Å²) in [4.78, 5) is 10.4. The van der Waals surface area contributed by atoms with E-state index in [1.807, 2.05) is 0 Å². The van der Waals surface area contributed by atoms with Crippen molar-refractivity contribution < 1.29 is 26.7 Å². The van der Waals surface area contributed by atoms with Crippen molar-refractivity contribution in [2.24, 2.45) is 0 Å². The molecule has 0 aromatic heterocycles. The van der Waals surface area contributed by atoms with E-state index in [0.717, 1.165) is 11.8 Å². The van der Waals surface area contributed by atoms with Crippen LogP contribution in [0.3, 0.4) is 0 Å². The second kappa shape index (κ2) is 5.84. The van der Waals surface area contributed by atoms with Gasteiger partial charge in [0.05, 0.1) is 0 Å². The van der Waals surface area contributed by atoms with Gasteiger partial charge in [-0.3, -0.25) is 4.79 Å². The van der Waals surface area contributed by atoms with Gasteiger partial charge in [0.15, 0.2) is 11.3 Å². The lowest BCUT2D eigenvalue weighted by atomic mass is 10.0. The summed E-state index contributed by atoms with van der Waals surface area (Å²) in [6, 6.07) is 0. The predicted molar refractivity (Wildman–Crippen MR) is 52.8 cm³/mol. The van der Waals surface area contributed by atoms with E-state index in [0.29, 0.717) is 6.92 Å². The topological polar surface area (TPSA) is 17.1 Å². The van der Waals surface area contributed by atoms with E-state index in [4.69, 9.17) is 0 Å². The van der Waals surface area contributed by atoms with Gasteiger partial charge in [-0.15, -0.1) is 0 Å². The van der Waals surface area contributed by atoms with Crippen molar-refractivity contribution in [3.05, 3.63) is 0 Å². The van der Waals surface area contributed by atoms with E-state index in [2.05, 4.69) is 0 Å². The molecule has 0 amide bonds. The average molecular weight is 264 g/mol. The van der Waals surface area contributed by atoms with Crippen molar-refractivity contribution in [2.45, 2.75) is 44.7 Å². The Morgan fingerprint density at radius 1 is 1.31 bits per heavy atom. The van der Waals surface area contributed by atoms with Gasteiger partial charge in [-0.25, -0.2) is 4.39 Å². The average Bonchev–Trinajstić information content (AvgIpc) is 2.11. The smallest absolute Gasteiger partial charge is 0.288 e. The third-order valence-corrected chi connectivity index (χ3v) is 2.83. The maximum atomic E-state index is 12.9. The van der Waals surface area contributed by atoms with Crippen LogP contribution in [0.15, 0.2) is 0 Å². The summed E-state index contributed by atoms with van der Waals surface area (Å²) in [6.45, 7) is 1.65. The van der Waals surface area contributed by atoms with Crippen LogP contribution in [-0.4, -0.2) is 28.9 Å². The summed E-state index contributed by atoms with van der Waals surface area (Å²) in [5.74, 6) is -9.01. The highest BCUT2D eigenvalue weighted by atomic mass is 32.2. The molecule has 0 bridgehead atoms. The normalized spacial score (nSPS) is 14.9. The minimum Gasteiger partial charge on any atom is -0.288 e. The Morgan fingerprint density at radius 3 is 2.19 bits per heavy atom. The molecule has 0 aromatic rings. The molecule has 7 heteroatoms. The van der Waals surface area contributed by atoms with E-state index in [-0.39, 0.29) is 17.3 Å². The first-order chi connectivity index (χ1) is 7.11. The first-order valence-corrected chi connectivity index (χ1v) is 5.63. The van der Waals surface area contributed by atoms with E-state index < -0.39 is 24.4 Å². The number of alkyl halides is 5. The molecule has 0 aliphatic carbocycles. The summed E-state index contributed by atoms with van der Waals surface area (Å²) < 4.78 is 63.5. The van der Waals surface area contributed by atoms with Crippen LogP contribution >= 0.6 is 11.8 Å². The van der Waals surface area contributed by atoms with Crippen molar-refractivity contribution in [1.29, 1.82) is 0 Å². The fourth-order valence-corrected chi connectivity index (χ4v) is 1.54. The third kappa shape index (κ3) is 4.27. The molecule has 0 aromatic carbocycles. The molecule has 0 N–H and O–H groups in total. The Bertz CT molecular complexity index is 242. The number of halogens is 5. The van der Waals surface area contributed by atoms with Gasteiger partial charge in [-0.05, 0) is 13.3 Å². The highest BCUT2D eigenvalue weighted by Gasteiger charge is 2.59.